The molecule has 2 aliphatic heterocycles. The zero-order chi connectivity index (χ0) is 21.0. The molecular weight excluding hydrogens is 390 g/mol. The number of fused-ring (bicyclic) bond motifs is 1. The molecule has 160 valence electrons. The van der Waals surface area contributed by atoms with Gasteiger partial charge in [0.2, 0.25) is 0 Å². The van der Waals surface area contributed by atoms with Gasteiger partial charge < -0.3 is 25.4 Å². The number of nitrogens with zero attached hydrogens (tertiary/aromatic N) is 3. The predicted octanol–water partition coefficient (Wildman–Crippen LogP) is 4.03. The monoisotopic (exact) mass is 417 g/mol. The first-order valence-corrected chi connectivity index (χ1v) is 10.8. The molecule has 1 fully saturated rings. The van der Waals surface area contributed by atoms with E-state index >= 15 is 0 Å². The highest BCUT2D eigenvalue weighted by Crippen LogP contribution is 2.36. The number of anilines is 4. The molecule has 0 atom stereocenters. The molecule has 7 nitrogen and oxygen atoms in total. The Morgan fingerprint density at radius 2 is 1.74 bits per heavy atom. The molecule has 0 radical (unpaired) electrons. The number of aromatic nitrogens is 2. The maximum atomic E-state index is 6.47. The Labute approximate surface area is 182 Å². The first-order valence-electron chi connectivity index (χ1n) is 10.8. The van der Waals surface area contributed by atoms with E-state index in [4.69, 9.17) is 15.2 Å². The van der Waals surface area contributed by atoms with Crippen molar-refractivity contribution >= 4 is 23.0 Å². The summed E-state index contributed by atoms with van der Waals surface area (Å²) in [5.74, 6) is 3.58. The lowest BCUT2D eigenvalue weighted by molar-refractivity contribution is 0.171. The van der Waals surface area contributed by atoms with E-state index in [1.165, 1.54) is 5.56 Å². The molecule has 0 spiro atoms. The normalized spacial score (nSPS) is 16.2. The molecule has 3 aromatic rings. The Morgan fingerprint density at radius 3 is 2.55 bits per heavy atom. The summed E-state index contributed by atoms with van der Waals surface area (Å²) in [6, 6.07) is 16.5. The van der Waals surface area contributed by atoms with Crippen molar-refractivity contribution in [3.8, 4) is 11.5 Å². The maximum Gasteiger partial charge on any atom is 0.163 e. The van der Waals surface area contributed by atoms with Crippen LogP contribution in [-0.4, -0.2) is 36.3 Å². The van der Waals surface area contributed by atoms with Gasteiger partial charge in [0.05, 0.1) is 0 Å². The van der Waals surface area contributed by atoms with Gasteiger partial charge in [-0.3, -0.25) is 0 Å². The van der Waals surface area contributed by atoms with Crippen molar-refractivity contribution in [2.24, 2.45) is 5.92 Å². The third-order valence-corrected chi connectivity index (χ3v) is 5.95. The molecule has 0 amide bonds. The van der Waals surface area contributed by atoms with Gasteiger partial charge in [0, 0.05) is 24.8 Å². The molecule has 1 aromatic heterocycles. The van der Waals surface area contributed by atoms with Crippen molar-refractivity contribution in [3.63, 3.8) is 0 Å². The number of ether oxygens (including phenoxy) is 2. The van der Waals surface area contributed by atoms with Gasteiger partial charge in [-0.15, -0.1) is 0 Å². The van der Waals surface area contributed by atoms with Gasteiger partial charge in [-0.25, -0.2) is 9.97 Å². The fourth-order valence-corrected chi connectivity index (χ4v) is 4.29. The highest BCUT2D eigenvalue weighted by atomic mass is 16.6. The molecule has 5 rings (SSSR count). The highest BCUT2D eigenvalue weighted by molar-refractivity contribution is 5.78. The van der Waals surface area contributed by atoms with Gasteiger partial charge in [0.1, 0.15) is 25.2 Å². The summed E-state index contributed by atoms with van der Waals surface area (Å²) >= 11 is 0. The highest BCUT2D eigenvalue weighted by Gasteiger charge is 2.23. The van der Waals surface area contributed by atoms with E-state index in [1.807, 2.05) is 18.2 Å². The van der Waals surface area contributed by atoms with Crippen molar-refractivity contribution in [3.05, 3.63) is 60.4 Å². The Hall–Kier alpha value is -3.48. The summed E-state index contributed by atoms with van der Waals surface area (Å²) in [5, 5.41) is 3.30. The largest absolute Gasteiger partial charge is 0.486 e. The van der Waals surface area contributed by atoms with Crippen LogP contribution in [0.25, 0.3) is 0 Å². The van der Waals surface area contributed by atoms with Gasteiger partial charge in [0.25, 0.3) is 0 Å². The van der Waals surface area contributed by atoms with Crippen molar-refractivity contribution in [2.45, 2.75) is 19.3 Å². The summed E-state index contributed by atoms with van der Waals surface area (Å²) in [5.41, 5.74) is 9.30. The predicted molar refractivity (Wildman–Crippen MR) is 122 cm³/mol. The lowest BCUT2D eigenvalue weighted by Crippen LogP contribution is -2.35. The summed E-state index contributed by atoms with van der Waals surface area (Å²) in [4.78, 5) is 11.1. The molecule has 2 aromatic carbocycles. The van der Waals surface area contributed by atoms with E-state index in [2.05, 4.69) is 50.5 Å². The maximum absolute atomic E-state index is 6.47. The van der Waals surface area contributed by atoms with Gasteiger partial charge in [-0.1, -0.05) is 30.3 Å². The van der Waals surface area contributed by atoms with Crippen LogP contribution in [0.2, 0.25) is 0 Å². The molecule has 31 heavy (non-hydrogen) atoms. The van der Waals surface area contributed by atoms with E-state index in [-0.39, 0.29) is 0 Å². The SMILES string of the molecule is Nc1c(Nc2ccc3c(c2)OCCO3)ncnc1N1CCC(Cc2ccccc2)CC1. The van der Waals surface area contributed by atoms with Crippen molar-refractivity contribution in [1.29, 1.82) is 0 Å². The van der Waals surface area contributed by atoms with Crippen LogP contribution in [0.15, 0.2) is 54.9 Å². The zero-order valence-electron chi connectivity index (χ0n) is 17.5. The van der Waals surface area contributed by atoms with Crippen molar-refractivity contribution in [1.82, 2.24) is 9.97 Å². The average molecular weight is 418 g/mol. The second kappa shape index (κ2) is 8.71. The molecule has 0 aliphatic carbocycles. The second-order valence-electron chi connectivity index (χ2n) is 8.06. The zero-order valence-corrected chi connectivity index (χ0v) is 17.5. The number of piperidine rings is 1. The minimum Gasteiger partial charge on any atom is -0.486 e. The number of hydrogen-bond donors (Lipinski definition) is 2. The first kappa shape index (κ1) is 19.5. The lowest BCUT2D eigenvalue weighted by Gasteiger charge is -2.33. The number of benzene rings is 2. The van der Waals surface area contributed by atoms with Crippen molar-refractivity contribution in [2.75, 3.05) is 42.3 Å². The molecule has 2 aliphatic rings. The molecule has 0 unspecified atom stereocenters. The number of nitrogens with one attached hydrogen (secondary N) is 1. The van der Waals surface area contributed by atoms with Gasteiger partial charge in [-0.05, 0) is 42.9 Å². The number of nitrogens with two attached hydrogens (primary N) is 1. The van der Waals surface area contributed by atoms with E-state index in [1.54, 1.807) is 6.33 Å². The molecule has 0 bridgehead atoms. The Balaban J connectivity index is 1.26. The van der Waals surface area contributed by atoms with E-state index in [9.17, 15) is 0 Å². The molecule has 7 heteroatoms. The third-order valence-electron chi connectivity index (χ3n) is 5.95. The summed E-state index contributed by atoms with van der Waals surface area (Å²) < 4.78 is 11.3. The van der Waals surface area contributed by atoms with Crippen molar-refractivity contribution < 1.29 is 9.47 Å². The molecular formula is C24H27N5O2. The van der Waals surface area contributed by atoms with Gasteiger partial charge in [0.15, 0.2) is 23.1 Å². The van der Waals surface area contributed by atoms with Gasteiger partial charge >= 0.3 is 0 Å². The Morgan fingerprint density at radius 1 is 0.968 bits per heavy atom. The minimum atomic E-state index is 0.552. The Bertz CT molecular complexity index is 1040. The van der Waals surface area contributed by atoms with Crippen LogP contribution in [-0.2, 0) is 6.42 Å². The van der Waals surface area contributed by atoms with Crippen LogP contribution in [0, 0.1) is 5.92 Å². The minimum absolute atomic E-state index is 0.552. The van der Waals surface area contributed by atoms with Crippen LogP contribution < -0.4 is 25.4 Å². The summed E-state index contributed by atoms with van der Waals surface area (Å²) in [6.07, 6.45) is 4.96. The number of hydrogen-bond acceptors (Lipinski definition) is 7. The quantitative estimate of drug-likeness (QED) is 0.648. The molecule has 1 saturated heterocycles. The van der Waals surface area contributed by atoms with Crippen LogP contribution in [0.4, 0.5) is 23.0 Å². The van der Waals surface area contributed by atoms with E-state index in [0.29, 0.717) is 30.6 Å². The number of rotatable bonds is 5. The molecule has 0 saturated carbocycles. The average Bonchev–Trinajstić information content (AvgIpc) is 2.82. The fraction of sp³-hybridized carbons (Fsp3) is 0.333. The summed E-state index contributed by atoms with van der Waals surface area (Å²) in [7, 11) is 0. The standard InChI is InChI=1S/C24H27N5O2/c25-22-23(28-19-6-7-20-21(15-19)31-13-12-30-20)26-16-27-24(22)29-10-8-18(9-11-29)14-17-4-2-1-3-5-17/h1-7,15-16,18H,8-14,25H2,(H,26,27,28). The lowest BCUT2D eigenvalue weighted by atomic mass is 9.90. The van der Waals surface area contributed by atoms with Crippen LogP contribution in [0.1, 0.15) is 18.4 Å². The fourth-order valence-electron chi connectivity index (χ4n) is 4.29. The Kier molecular flexibility index (Phi) is 5.48. The van der Waals surface area contributed by atoms with Crippen LogP contribution in [0.3, 0.4) is 0 Å². The van der Waals surface area contributed by atoms with Gasteiger partial charge in [-0.2, -0.15) is 0 Å². The first-order chi connectivity index (χ1) is 15.3. The second-order valence-corrected chi connectivity index (χ2v) is 8.06. The summed E-state index contributed by atoms with van der Waals surface area (Å²) in [6.45, 7) is 3.02. The smallest absolute Gasteiger partial charge is 0.163 e. The third kappa shape index (κ3) is 4.35. The topological polar surface area (TPSA) is 85.5 Å². The molecule has 3 heterocycles. The molecule has 3 N–H and O–H groups in total. The van der Waals surface area contributed by atoms with E-state index < -0.39 is 0 Å². The number of nitrogen functional groups attached to an aromatic ring is 1. The van der Waals surface area contributed by atoms with Crippen LogP contribution >= 0.6 is 0 Å². The van der Waals surface area contributed by atoms with E-state index in [0.717, 1.165) is 55.4 Å². The van der Waals surface area contributed by atoms with Crippen LogP contribution in [0.5, 0.6) is 11.5 Å².